The molecule has 0 spiro atoms. The molecule has 0 aliphatic heterocycles. The van der Waals surface area contributed by atoms with Crippen LogP contribution in [0.3, 0.4) is 0 Å². The predicted octanol–water partition coefficient (Wildman–Crippen LogP) is 1.47. The third-order valence-electron chi connectivity index (χ3n) is 2.33. The number of nitrogens with zero attached hydrogens (tertiary/aromatic N) is 2. The van der Waals surface area contributed by atoms with E-state index in [-0.39, 0.29) is 0 Å². The van der Waals surface area contributed by atoms with Crippen LogP contribution < -0.4 is 16.6 Å². The molecular formula is C11H17N5OS. The fraction of sp³-hybridized carbons (Fsp3) is 0.455. The number of rotatable bonds is 4. The third-order valence-corrected chi connectivity index (χ3v) is 3.28. The summed E-state index contributed by atoms with van der Waals surface area (Å²) in [4.78, 5) is 10.6. The number of thiophene rings is 1. The van der Waals surface area contributed by atoms with E-state index in [2.05, 4.69) is 20.7 Å². The van der Waals surface area contributed by atoms with Gasteiger partial charge in [0.2, 0.25) is 5.95 Å². The summed E-state index contributed by atoms with van der Waals surface area (Å²) in [5, 5.41) is 13.8. The van der Waals surface area contributed by atoms with Gasteiger partial charge in [0.1, 0.15) is 10.6 Å². The molecule has 0 bridgehead atoms. The fourth-order valence-corrected chi connectivity index (χ4v) is 2.42. The maximum absolute atomic E-state index is 9.74. The lowest BCUT2D eigenvalue weighted by Gasteiger charge is -2.18. The zero-order valence-electron chi connectivity index (χ0n) is 10.6. The number of hydrogen-bond acceptors (Lipinski definition) is 7. The molecule has 7 heteroatoms. The molecule has 0 aliphatic rings. The first-order chi connectivity index (χ1) is 8.39. The van der Waals surface area contributed by atoms with E-state index in [0.717, 1.165) is 15.1 Å². The van der Waals surface area contributed by atoms with Crippen LogP contribution in [0.4, 0.5) is 11.8 Å². The molecule has 0 saturated carbocycles. The molecule has 2 rings (SSSR count). The summed E-state index contributed by atoms with van der Waals surface area (Å²) in [6.45, 7) is 5.89. The molecule has 2 aromatic heterocycles. The predicted molar refractivity (Wildman–Crippen MR) is 74.7 cm³/mol. The van der Waals surface area contributed by atoms with Crippen molar-refractivity contribution in [2.75, 3.05) is 17.3 Å². The summed E-state index contributed by atoms with van der Waals surface area (Å²) >= 11 is 1.58. The van der Waals surface area contributed by atoms with Gasteiger partial charge in [-0.05, 0) is 26.8 Å². The summed E-state index contributed by atoms with van der Waals surface area (Å²) in [6, 6.07) is 2.02. The van der Waals surface area contributed by atoms with Gasteiger partial charge in [0.15, 0.2) is 0 Å². The van der Waals surface area contributed by atoms with Gasteiger partial charge in [0, 0.05) is 11.4 Å². The number of hydrogen-bond donors (Lipinski definition) is 4. The first-order valence-corrected chi connectivity index (χ1v) is 6.42. The van der Waals surface area contributed by atoms with Crippen molar-refractivity contribution in [3.63, 3.8) is 0 Å². The zero-order valence-corrected chi connectivity index (χ0v) is 11.4. The van der Waals surface area contributed by atoms with E-state index in [4.69, 9.17) is 5.84 Å². The van der Waals surface area contributed by atoms with Gasteiger partial charge in [0.25, 0.3) is 0 Å². The highest BCUT2D eigenvalue weighted by molar-refractivity contribution is 7.18. The summed E-state index contributed by atoms with van der Waals surface area (Å²) in [5.74, 6) is 6.39. The molecule has 18 heavy (non-hydrogen) atoms. The van der Waals surface area contributed by atoms with Crippen molar-refractivity contribution in [3.05, 3.63) is 10.9 Å². The van der Waals surface area contributed by atoms with Crippen molar-refractivity contribution in [2.24, 2.45) is 5.84 Å². The Morgan fingerprint density at radius 2 is 2.17 bits per heavy atom. The van der Waals surface area contributed by atoms with Gasteiger partial charge in [0.05, 0.1) is 11.0 Å². The van der Waals surface area contributed by atoms with Crippen molar-refractivity contribution in [3.8, 4) is 0 Å². The Morgan fingerprint density at radius 3 is 2.78 bits per heavy atom. The van der Waals surface area contributed by atoms with E-state index in [9.17, 15) is 5.11 Å². The maximum Gasteiger partial charge on any atom is 0.240 e. The van der Waals surface area contributed by atoms with Crippen molar-refractivity contribution in [1.82, 2.24) is 9.97 Å². The minimum absolute atomic E-state index is 0.364. The van der Waals surface area contributed by atoms with E-state index in [1.165, 1.54) is 0 Å². The third kappa shape index (κ3) is 2.87. The highest BCUT2D eigenvalue weighted by Crippen LogP contribution is 2.29. The van der Waals surface area contributed by atoms with Gasteiger partial charge >= 0.3 is 0 Å². The van der Waals surface area contributed by atoms with E-state index in [1.807, 2.05) is 13.0 Å². The summed E-state index contributed by atoms with van der Waals surface area (Å²) in [6.07, 6.45) is 0. The quantitative estimate of drug-likeness (QED) is 0.495. The smallest absolute Gasteiger partial charge is 0.240 e. The SMILES string of the molecule is Cc1cc2c(NCC(C)(C)O)nc(NN)nc2s1. The average molecular weight is 267 g/mol. The van der Waals surface area contributed by atoms with Crippen LogP contribution in [0.15, 0.2) is 6.07 Å². The summed E-state index contributed by atoms with van der Waals surface area (Å²) in [5.41, 5.74) is 1.64. The second-order valence-electron chi connectivity index (χ2n) is 4.78. The molecule has 0 radical (unpaired) electrons. The Kier molecular flexibility index (Phi) is 3.38. The van der Waals surface area contributed by atoms with Gasteiger partial charge < -0.3 is 10.4 Å². The molecule has 0 atom stereocenters. The Labute approximate surface area is 109 Å². The van der Waals surface area contributed by atoms with E-state index in [0.29, 0.717) is 18.3 Å². The first kappa shape index (κ1) is 13.0. The zero-order chi connectivity index (χ0) is 13.3. The monoisotopic (exact) mass is 267 g/mol. The molecule has 0 saturated heterocycles. The van der Waals surface area contributed by atoms with Crippen LogP contribution in [-0.4, -0.2) is 27.2 Å². The fourth-order valence-electron chi connectivity index (χ4n) is 1.54. The van der Waals surface area contributed by atoms with Gasteiger partial charge in [-0.25, -0.2) is 10.8 Å². The van der Waals surface area contributed by atoms with Gasteiger partial charge in [-0.1, -0.05) is 0 Å². The van der Waals surface area contributed by atoms with Crippen LogP contribution in [0.5, 0.6) is 0 Å². The number of aromatic nitrogens is 2. The number of aryl methyl sites for hydroxylation is 1. The van der Waals surface area contributed by atoms with E-state index >= 15 is 0 Å². The highest BCUT2D eigenvalue weighted by Gasteiger charge is 2.15. The molecule has 2 aromatic rings. The number of nitrogen functional groups attached to an aromatic ring is 1. The number of nitrogens with two attached hydrogens (primary N) is 1. The van der Waals surface area contributed by atoms with Crippen LogP contribution in [0, 0.1) is 6.92 Å². The van der Waals surface area contributed by atoms with Crippen molar-refractivity contribution in [2.45, 2.75) is 26.4 Å². The molecule has 0 unspecified atom stereocenters. The van der Waals surface area contributed by atoms with E-state index in [1.54, 1.807) is 25.2 Å². The van der Waals surface area contributed by atoms with Crippen LogP contribution in [0.1, 0.15) is 18.7 Å². The molecule has 0 amide bonds. The average Bonchev–Trinajstić information content (AvgIpc) is 2.64. The van der Waals surface area contributed by atoms with Crippen LogP contribution in [0.2, 0.25) is 0 Å². The second kappa shape index (κ2) is 4.68. The molecule has 0 aliphatic carbocycles. The second-order valence-corrected chi connectivity index (χ2v) is 6.02. The summed E-state index contributed by atoms with van der Waals surface area (Å²) in [7, 11) is 0. The van der Waals surface area contributed by atoms with Gasteiger partial charge in [-0.15, -0.1) is 11.3 Å². The molecule has 98 valence electrons. The van der Waals surface area contributed by atoms with Crippen molar-refractivity contribution >= 4 is 33.3 Å². The molecule has 5 N–H and O–H groups in total. The minimum Gasteiger partial charge on any atom is -0.389 e. The lowest BCUT2D eigenvalue weighted by atomic mass is 10.1. The molecular weight excluding hydrogens is 250 g/mol. The topological polar surface area (TPSA) is 96.1 Å². The van der Waals surface area contributed by atoms with Crippen molar-refractivity contribution in [1.29, 1.82) is 0 Å². The Bertz CT molecular complexity index is 560. The maximum atomic E-state index is 9.74. The Balaban J connectivity index is 2.40. The van der Waals surface area contributed by atoms with Gasteiger partial charge in [-0.2, -0.15) is 4.98 Å². The highest BCUT2D eigenvalue weighted by atomic mass is 32.1. The molecule has 6 nitrogen and oxygen atoms in total. The normalized spacial score (nSPS) is 11.8. The van der Waals surface area contributed by atoms with Crippen LogP contribution in [0.25, 0.3) is 10.2 Å². The minimum atomic E-state index is -0.807. The first-order valence-electron chi connectivity index (χ1n) is 5.60. The largest absolute Gasteiger partial charge is 0.389 e. The molecule has 0 fully saturated rings. The van der Waals surface area contributed by atoms with Crippen LogP contribution in [-0.2, 0) is 0 Å². The molecule has 2 heterocycles. The van der Waals surface area contributed by atoms with Crippen molar-refractivity contribution < 1.29 is 5.11 Å². The number of hydrazine groups is 1. The lowest BCUT2D eigenvalue weighted by Crippen LogP contribution is -2.29. The van der Waals surface area contributed by atoms with Crippen LogP contribution >= 0.6 is 11.3 Å². The number of fused-ring (bicyclic) bond motifs is 1. The lowest BCUT2D eigenvalue weighted by molar-refractivity contribution is 0.0944. The van der Waals surface area contributed by atoms with Gasteiger partial charge in [-0.3, -0.25) is 5.43 Å². The van der Waals surface area contributed by atoms with E-state index < -0.39 is 5.60 Å². The number of aliphatic hydroxyl groups is 1. The standard InChI is InChI=1S/C11H17N5OS/c1-6-4-7-8(13-5-11(2,3)17)14-10(16-12)15-9(7)18-6/h4,17H,5,12H2,1-3H3,(H2,13,14,15,16). The Morgan fingerprint density at radius 1 is 1.44 bits per heavy atom. The summed E-state index contributed by atoms with van der Waals surface area (Å²) < 4.78 is 0. The molecule has 0 aromatic carbocycles. The Hall–Kier alpha value is -1.44. The number of anilines is 2. The number of nitrogens with one attached hydrogen (secondary N) is 2.